The smallest absolute Gasteiger partial charge is 0.329 e. The number of esters is 1. The Morgan fingerprint density at radius 1 is 1.36 bits per heavy atom. The van der Waals surface area contributed by atoms with Crippen LogP contribution in [-0.4, -0.2) is 15.5 Å². The summed E-state index contributed by atoms with van der Waals surface area (Å²) in [7, 11) is 0. The van der Waals surface area contributed by atoms with Crippen LogP contribution in [0.3, 0.4) is 0 Å². The van der Waals surface area contributed by atoms with E-state index in [4.69, 9.17) is 16.3 Å². The number of carbonyl (C=O) groups excluding carboxylic acids is 1. The van der Waals surface area contributed by atoms with Crippen molar-refractivity contribution in [2.75, 3.05) is 0 Å². The minimum Gasteiger partial charge on any atom is -0.459 e. The summed E-state index contributed by atoms with van der Waals surface area (Å²) in [4.78, 5) is 31.1. The maximum absolute atomic E-state index is 12.7. The van der Waals surface area contributed by atoms with Crippen LogP contribution in [0.5, 0.6) is 0 Å². The second-order valence-electron chi connectivity index (χ2n) is 5.80. The van der Waals surface area contributed by atoms with Gasteiger partial charge in [0.2, 0.25) is 0 Å². The second-order valence-corrected chi connectivity index (χ2v) is 7.41. The summed E-state index contributed by atoms with van der Waals surface area (Å²) in [6.07, 6.45) is 1.40. The normalized spacial score (nSPS) is 12.3. The average molecular weight is 377 g/mol. The Kier molecular flexibility index (Phi) is 4.92. The fourth-order valence-electron chi connectivity index (χ4n) is 2.52. The number of benzene rings is 1. The number of rotatable bonds is 4. The van der Waals surface area contributed by atoms with Crippen LogP contribution >= 0.6 is 22.9 Å². The van der Waals surface area contributed by atoms with Gasteiger partial charge in [0, 0.05) is 15.5 Å². The maximum atomic E-state index is 12.7. The van der Waals surface area contributed by atoms with Gasteiger partial charge < -0.3 is 4.74 Å². The van der Waals surface area contributed by atoms with Crippen molar-refractivity contribution in [1.82, 2.24) is 9.55 Å². The van der Waals surface area contributed by atoms with Crippen molar-refractivity contribution in [1.29, 1.82) is 0 Å². The van der Waals surface area contributed by atoms with Crippen LogP contribution < -0.4 is 5.56 Å². The zero-order chi connectivity index (χ0) is 18.1. The summed E-state index contributed by atoms with van der Waals surface area (Å²) in [6, 6.07) is 6.38. The van der Waals surface area contributed by atoms with Crippen LogP contribution in [0, 0.1) is 13.8 Å². The molecule has 1 atom stereocenters. The van der Waals surface area contributed by atoms with E-state index in [-0.39, 0.29) is 12.2 Å². The number of halogens is 1. The predicted octanol–water partition coefficient (Wildman–Crippen LogP) is 4.03. The van der Waals surface area contributed by atoms with Crippen molar-refractivity contribution in [3.8, 4) is 0 Å². The Labute approximate surface area is 153 Å². The number of nitrogens with zero attached hydrogens (tertiary/aromatic N) is 2. The molecule has 0 unspecified atom stereocenters. The van der Waals surface area contributed by atoms with E-state index in [1.165, 1.54) is 22.2 Å². The molecule has 0 N–H and O–H groups in total. The average Bonchev–Trinajstić information content (AvgIpc) is 2.89. The summed E-state index contributed by atoms with van der Waals surface area (Å²) >= 11 is 7.53. The highest BCUT2D eigenvalue weighted by Gasteiger charge is 2.21. The quantitative estimate of drug-likeness (QED) is 0.645. The number of hydrogen-bond acceptors (Lipinski definition) is 5. The molecular formula is C18H17ClN2O3S. The lowest BCUT2D eigenvalue weighted by atomic mass is 10.2. The molecule has 2 heterocycles. The van der Waals surface area contributed by atoms with Crippen molar-refractivity contribution >= 4 is 39.1 Å². The molecule has 0 bridgehead atoms. The van der Waals surface area contributed by atoms with E-state index in [9.17, 15) is 9.59 Å². The van der Waals surface area contributed by atoms with Crippen molar-refractivity contribution in [2.45, 2.75) is 33.4 Å². The lowest BCUT2D eigenvalue weighted by molar-refractivity contribution is -0.148. The first-order chi connectivity index (χ1) is 11.9. The molecule has 0 saturated heterocycles. The number of thiophene rings is 1. The number of ether oxygens (including phenoxy) is 1. The number of hydrogen-bond donors (Lipinski definition) is 0. The highest BCUT2D eigenvalue weighted by molar-refractivity contribution is 7.18. The predicted molar refractivity (Wildman–Crippen MR) is 99.3 cm³/mol. The molecule has 0 spiro atoms. The first-order valence-electron chi connectivity index (χ1n) is 7.77. The van der Waals surface area contributed by atoms with E-state index in [1.807, 2.05) is 26.0 Å². The van der Waals surface area contributed by atoms with Gasteiger partial charge in [-0.2, -0.15) is 0 Å². The molecule has 0 saturated carbocycles. The van der Waals surface area contributed by atoms with Crippen molar-refractivity contribution in [3.63, 3.8) is 0 Å². The maximum Gasteiger partial charge on any atom is 0.329 e. The van der Waals surface area contributed by atoms with E-state index in [0.29, 0.717) is 15.2 Å². The van der Waals surface area contributed by atoms with Gasteiger partial charge in [-0.05, 0) is 32.4 Å². The van der Waals surface area contributed by atoms with Crippen molar-refractivity contribution in [2.24, 2.45) is 0 Å². The summed E-state index contributed by atoms with van der Waals surface area (Å²) in [5.41, 5.74) is 1.40. The Hall–Kier alpha value is -2.18. The minimum absolute atomic E-state index is 0.0594. The third kappa shape index (κ3) is 3.32. The lowest BCUT2D eigenvalue weighted by Crippen LogP contribution is -2.29. The van der Waals surface area contributed by atoms with Gasteiger partial charge in [-0.15, -0.1) is 11.3 Å². The van der Waals surface area contributed by atoms with E-state index >= 15 is 0 Å². The van der Waals surface area contributed by atoms with E-state index < -0.39 is 12.0 Å². The fourth-order valence-corrected chi connectivity index (χ4v) is 3.70. The molecule has 0 fully saturated rings. The third-order valence-corrected chi connectivity index (χ3v) is 5.68. The molecular weight excluding hydrogens is 360 g/mol. The SMILES string of the molecule is Cc1sc2ncn([C@H](C)C(=O)OCc3ccccc3Cl)c(=O)c2c1C. The molecule has 0 radical (unpaired) electrons. The van der Waals surface area contributed by atoms with Crippen molar-refractivity contribution in [3.05, 3.63) is 62.0 Å². The highest BCUT2D eigenvalue weighted by atomic mass is 35.5. The van der Waals surface area contributed by atoms with Gasteiger partial charge in [-0.1, -0.05) is 29.8 Å². The first kappa shape index (κ1) is 17.6. The van der Waals surface area contributed by atoms with Gasteiger partial charge in [0.15, 0.2) is 0 Å². The van der Waals surface area contributed by atoms with Gasteiger partial charge in [-0.3, -0.25) is 9.36 Å². The first-order valence-corrected chi connectivity index (χ1v) is 8.96. The zero-order valence-corrected chi connectivity index (χ0v) is 15.6. The van der Waals surface area contributed by atoms with Gasteiger partial charge in [0.1, 0.15) is 17.5 Å². The largest absolute Gasteiger partial charge is 0.459 e. The van der Waals surface area contributed by atoms with Gasteiger partial charge in [-0.25, -0.2) is 9.78 Å². The van der Waals surface area contributed by atoms with Gasteiger partial charge in [0.05, 0.1) is 11.7 Å². The molecule has 0 aliphatic carbocycles. The molecule has 25 heavy (non-hydrogen) atoms. The van der Waals surface area contributed by atoms with E-state index in [1.54, 1.807) is 19.1 Å². The van der Waals surface area contributed by atoms with Crippen LogP contribution in [0.15, 0.2) is 35.4 Å². The lowest BCUT2D eigenvalue weighted by Gasteiger charge is -2.14. The Morgan fingerprint density at radius 2 is 2.08 bits per heavy atom. The second kappa shape index (κ2) is 6.98. The molecule has 0 amide bonds. The van der Waals surface area contributed by atoms with Crippen LogP contribution in [0.25, 0.3) is 10.2 Å². The molecule has 1 aromatic carbocycles. The van der Waals surface area contributed by atoms with Crippen LogP contribution in [0.1, 0.15) is 29.0 Å². The topological polar surface area (TPSA) is 61.2 Å². The van der Waals surface area contributed by atoms with E-state index in [0.717, 1.165) is 16.0 Å². The monoisotopic (exact) mass is 376 g/mol. The fraction of sp³-hybridized carbons (Fsp3) is 0.278. The molecule has 2 aromatic heterocycles. The Balaban J connectivity index is 1.84. The zero-order valence-electron chi connectivity index (χ0n) is 14.1. The molecule has 7 heteroatoms. The highest BCUT2D eigenvalue weighted by Crippen LogP contribution is 2.26. The van der Waals surface area contributed by atoms with Crippen LogP contribution in [0.2, 0.25) is 5.02 Å². The van der Waals surface area contributed by atoms with Gasteiger partial charge in [0.25, 0.3) is 5.56 Å². The molecule has 0 aliphatic rings. The summed E-state index contributed by atoms with van der Waals surface area (Å²) in [6.45, 7) is 5.52. The van der Waals surface area contributed by atoms with Crippen molar-refractivity contribution < 1.29 is 9.53 Å². The summed E-state index contributed by atoms with van der Waals surface area (Å²) in [5, 5.41) is 1.10. The summed E-state index contributed by atoms with van der Waals surface area (Å²) < 4.78 is 6.64. The van der Waals surface area contributed by atoms with Crippen LogP contribution in [-0.2, 0) is 16.1 Å². The number of aromatic nitrogens is 2. The number of fused-ring (bicyclic) bond motifs is 1. The third-order valence-electron chi connectivity index (χ3n) is 4.20. The van der Waals surface area contributed by atoms with Gasteiger partial charge >= 0.3 is 5.97 Å². The molecule has 5 nitrogen and oxygen atoms in total. The molecule has 0 aliphatic heterocycles. The van der Waals surface area contributed by atoms with Crippen LogP contribution in [0.4, 0.5) is 0 Å². The standard InChI is InChI=1S/C18H17ClN2O3S/c1-10-12(3)25-16-15(10)17(22)21(9-20-16)11(2)18(23)24-8-13-6-4-5-7-14(13)19/h4-7,9,11H,8H2,1-3H3/t11-/m1/s1. The molecule has 3 rings (SSSR count). The van der Waals surface area contributed by atoms with E-state index in [2.05, 4.69) is 4.98 Å². The molecule has 130 valence electrons. The number of aryl methyl sites for hydroxylation is 2. The Morgan fingerprint density at radius 3 is 2.80 bits per heavy atom. The number of carbonyl (C=O) groups is 1. The summed E-state index contributed by atoms with van der Waals surface area (Å²) in [5.74, 6) is -0.507. The molecule has 3 aromatic rings. The minimum atomic E-state index is -0.772. The Bertz CT molecular complexity index is 1010.